The van der Waals surface area contributed by atoms with E-state index in [4.69, 9.17) is 10.2 Å². The number of halogens is 2. The molecule has 40 heavy (non-hydrogen) atoms. The fourth-order valence-electron chi connectivity index (χ4n) is 4.24. The van der Waals surface area contributed by atoms with Crippen molar-refractivity contribution in [1.29, 1.82) is 0 Å². The summed E-state index contributed by atoms with van der Waals surface area (Å²) in [7, 11) is 1.64. The number of nitrogens with zero attached hydrogens (tertiary/aromatic N) is 8. The van der Waals surface area contributed by atoms with Crippen molar-refractivity contribution in [2.45, 2.75) is 38.2 Å². The zero-order valence-corrected chi connectivity index (χ0v) is 22.1. The molecule has 0 saturated carbocycles. The number of anilines is 2. The van der Waals surface area contributed by atoms with Crippen LogP contribution in [0.15, 0.2) is 16.5 Å². The molecule has 0 spiro atoms. The highest BCUT2D eigenvalue weighted by atomic mass is 19.1. The van der Waals surface area contributed by atoms with Crippen molar-refractivity contribution in [2.24, 2.45) is 0 Å². The van der Waals surface area contributed by atoms with Crippen molar-refractivity contribution in [3.63, 3.8) is 0 Å². The fraction of sp³-hybridized carbons (Fsp3) is 0.385. The summed E-state index contributed by atoms with van der Waals surface area (Å²) in [6.45, 7) is 3.08. The van der Waals surface area contributed by atoms with Crippen LogP contribution < -0.4 is 10.6 Å². The van der Waals surface area contributed by atoms with Gasteiger partial charge in [0.1, 0.15) is 11.3 Å². The Kier molecular flexibility index (Phi) is 9.19. The maximum Gasteiger partial charge on any atom is 0.318 e. The van der Waals surface area contributed by atoms with Crippen LogP contribution in [0.3, 0.4) is 0 Å². The average molecular weight is 554 g/mol. The molecule has 3 aromatic heterocycles. The normalized spacial score (nSPS) is 16.3. The minimum absolute atomic E-state index is 0.0523. The average Bonchev–Trinajstić information content (AvgIpc) is 3.68. The van der Waals surface area contributed by atoms with E-state index in [1.54, 1.807) is 18.9 Å². The molecule has 1 aromatic carbocycles. The second-order valence-electron chi connectivity index (χ2n) is 9.26. The van der Waals surface area contributed by atoms with Gasteiger partial charge in [0, 0.05) is 32.6 Å². The number of hydrogen-bond donors (Lipinski definition) is 2. The summed E-state index contributed by atoms with van der Waals surface area (Å²) in [6.07, 6.45) is 18.3. The highest BCUT2D eigenvalue weighted by Crippen LogP contribution is 2.26. The number of terminal acetylenes is 2. The Morgan fingerprint density at radius 3 is 2.60 bits per heavy atom. The van der Waals surface area contributed by atoms with Gasteiger partial charge in [0.15, 0.2) is 17.3 Å². The summed E-state index contributed by atoms with van der Waals surface area (Å²) in [6, 6.07) is 2.10. The molecule has 1 amide bonds. The third-order valence-corrected chi connectivity index (χ3v) is 6.17. The first kappa shape index (κ1) is 29.7. The molecule has 14 heteroatoms. The predicted octanol–water partition coefficient (Wildman–Crippen LogP) is 2.08. The lowest BCUT2D eigenvalue weighted by Crippen LogP contribution is -2.29. The van der Waals surface area contributed by atoms with Crippen molar-refractivity contribution in [3.8, 4) is 25.7 Å². The number of hydrogen-bond acceptors (Lipinski definition) is 10. The first-order valence-corrected chi connectivity index (χ1v) is 12.1. The summed E-state index contributed by atoms with van der Waals surface area (Å²) in [5, 5.41) is 22.4. The number of carbonyl (C=O) groups is 1. The van der Waals surface area contributed by atoms with E-state index < -0.39 is 23.1 Å². The molecule has 1 fully saturated rings. The predicted molar refractivity (Wildman–Crippen MR) is 144 cm³/mol. The number of carbonyl (C=O) groups excluding carboxylic acids is 1. The quantitative estimate of drug-likeness (QED) is 0.257. The molecule has 0 aliphatic carbocycles. The van der Waals surface area contributed by atoms with E-state index in [9.17, 15) is 18.7 Å². The largest absolute Gasteiger partial charge is 0.399 e. The van der Waals surface area contributed by atoms with E-state index in [1.165, 1.54) is 9.42 Å². The van der Waals surface area contributed by atoms with Gasteiger partial charge in [-0.1, -0.05) is 5.10 Å². The molecule has 1 saturated heterocycles. The topological polar surface area (TPSA) is 152 Å². The van der Waals surface area contributed by atoms with Crippen molar-refractivity contribution in [2.75, 3.05) is 37.3 Å². The Bertz CT molecular complexity index is 1540. The number of nitrogen functional groups attached to an aromatic ring is 1. The summed E-state index contributed by atoms with van der Waals surface area (Å²) in [4.78, 5) is 24.3. The summed E-state index contributed by atoms with van der Waals surface area (Å²) in [5.41, 5.74) is 5.22. The number of aryl methyl sites for hydroxylation is 1. The second-order valence-corrected chi connectivity index (χ2v) is 9.26. The van der Waals surface area contributed by atoms with Gasteiger partial charge in [-0.2, -0.15) is 4.52 Å². The molecule has 4 heterocycles. The molecule has 3 N–H and O–H groups in total. The SMILES string of the molecule is C#C.C#C.CN(CCCCc1nc2c3cc(F)cc(F)c3nc(N)n2n1)C(=O)c1nnc(N2CCC(C)(O)C2)o1. The molecule has 1 aliphatic heterocycles. The van der Waals surface area contributed by atoms with Crippen LogP contribution >= 0.6 is 0 Å². The number of rotatable bonds is 7. The van der Waals surface area contributed by atoms with Gasteiger partial charge in [-0.25, -0.2) is 18.7 Å². The summed E-state index contributed by atoms with van der Waals surface area (Å²) in [5.74, 6) is -1.69. The van der Waals surface area contributed by atoms with Crippen molar-refractivity contribution >= 4 is 34.4 Å². The molecule has 210 valence electrons. The lowest BCUT2D eigenvalue weighted by Gasteiger charge is -2.16. The van der Waals surface area contributed by atoms with Crippen LogP contribution in [-0.2, 0) is 6.42 Å². The lowest BCUT2D eigenvalue weighted by atomic mass is 10.1. The zero-order valence-electron chi connectivity index (χ0n) is 22.1. The third-order valence-electron chi connectivity index (χ3n) is 6.17. The zero-order chi connectivity index (χ0) is 29.6. The van der Waals surface area contributed by atoms with E-state index in [2.05, 4.69) is 51.0 Å². The molecule has 12 nitrogen and oxygen atoms in total. The lowest BCUT2D eigenvalue weighted by molar-refractivity contribution is 0.0753. The monoisotopic (exact) mass is 553 g/mol. The van der Waals surface area contributed by atoms with Crippen molar-refractivity contribution in [1.82, 2.24) is 34.7 Å². The van der Waals surface area contributed by atoms with Crippen LogP contribution in [0.5, 0.6) is 0 Å². The molecule has 1 unspecified atom stereocenters. The number of aliphatic hydroxyl groups is 1. The van der Waals surface area contributed by atoms with E-state index in [1.807, 2.05) is 0 Å². The molecule has 4 aromatic rings. The molecule has 5 rings (SSSR count). The van der Waals surface area contributed by atoms with Gasteiger partial charge < -0.3 is 25.1 Å². The molecular formula is C26H29F2N9O3. The number of fused-ring (bicyclic) bond motifs is 3. The van der Waals surface area contributed by atoms with Gasteiger partial charge in [-0.3, -0.25) is 4.79 Å². The van der Waals surface area contributed by atoms with Gasteiger partial charge in [0.05, 0.1) is 17.5 Å². The van der Waals surface area contributed by atoms with Gasteiger partial charge in [-0.05, 0) is 32.3 Å². The van der Waals surface area contributed by atoms with Crippen LogP contribution in [0.1, 0.15) is 42.7 Å². The van der Waals surface area contributed by atoms with E-state index in [0.717, 1.165) is 12.1 Å². The molecule has 0 radical (unpaired) electrons. The number of nitrogens with two attached hydrogens (primary N) is 1. The van der Waals surface area contributed by atoms with Gasteiger partial charge >= 0.3 is 17.8 Å². The minimum atomic E-state index is -0.826. The van der Waals surface area contributed by atoms with E-state index in [-0.39, 0.29) is 34.4 Å². The number of benzene rings is 1. The van der Waals surface area contributed by atoms with Crippen molar-refractivity contribution < 1.29 is 23.1 Å². The Morgan fingerprint density at radius 1 is 1.20 bits per heavy atom. The summed E-state index contributed by atoms with van der Waals surface area (Å²) < 4.78 is 34.6. The number of amides is 1. The van der Waals surface area contributed by atoms with Gasteiger partial charge in [-0.15, -0.1) is 35.9 Å². The maximum atomic E-state index is 14.1. The van der Waals surface area contributed by atoms with Gasteiger partial charge in [0.25, 0.3) is 0 Å². The Hall–Kier alpha value is -4.82. The van der Waals surface area contributed by atoms with Gasteiger partial charge in [0.2, 0.25) is 5.95 Å². The first-order chi connectivity index (χ1) is 19.1. The van der Waals surface area contributed by atoms with E-state index in [0.29, 0.717) is 51.1 Å². The molecule has 1 atom stereocenters. The standard InChI is InChI=1S/C22H25F2N9O3.2C2H2/c1-22(35)6-8-32(11-22)21-29-28-18(36-21)19(34)31(2)7-4-3-5-15-26-17-13-9-12(23)10-14(24)16(13)27-20(25)33(17)30-15;2*1-2/h9-10,35H,3-8,11H2,1-2H3,(H2,25,27);2*1-2H. The molecular weight excluding hydrogens is 524 g/mol. The molecule has 0 bridgehead atoms. The number of β-amino-alcohol motifs (C(OH)–C–C–N with tert-alkyl or cyclic N) is 1. The number of aromatic nitrogens is 6. The summed E-state index contributed by atoms with van der Waals surface area (Å²) >= 11 is 0. The van der Waals surface area contributed by atoms with Crippen LogP contribution in [0, 0.1) is 37.3 Å². The highest BCUT2D eigenvalue weighted by molar-refractivity contribution is 5.92. The highest BCUT2D eigenvalue weighted by Gasteiger charge is 2.34. The first-order valence-electron chi connectivity index (χ1n) is 12.1. The van der Waals surface area contributed by atoms with Crippen LogP contribution in [0.2, 0.25) is 0 Å². The Morgan fingerprint density at radius 2 is 1.93 bits per heavy atom. The smallest absolute Gasteiger partial charge is 0.318 e. The minimum Gasteiger partial charge on any atom is -0.399 e. The maximum absolute atomic E-state index is 14.1. The fourth-order valence-corrected chi connectivity index (χ4v) is 4.24. The van der Waals surface area contributed by atoms with Crippen molar-refractivity contribution in [3.05, 3.63) is 35.5 Å². The van der Waals surface area contributed by atoms with Crippen LogP contribution in [0.25, 0.3) is 16.6 Å². The van der Waals surface area contributed by atoms with Crippen LogP contribution in [-0.4, -0.2) is 78.0 Å². The molecule has 1 aliphatic rings. The third kappa shape index (κ3) is 6.24. The Labute approximate surface area is 229 Å². The van der Waals surface area contributed by atoms with Crippen LogP contribution in [0.4, 0.5) is 20.7 Å². The van der Waals surface area contributed by atoms with E-state index >= 15 is 0 Å². The Balaban J connectivity index is 0.00000106. The second kappa shape index (κ2) is 12.4. The number of unbranched alkanes of at least 4 members (excludes halogenated alkanes) is 1.